The van der Waals surface area contributed by atoms with Crippen molar-refractivity contribution in [3.05, 3.63) is 12.7 Å². The van der Waals surface area contributed by atoms with Crippen LogP contribution in [0.2, 0.25) is 0 Å². The molecule has 0 aromatic carbocycles. The van der Waals surface area contributed by atoms with Crippen LogP contribution in [0.1, 0.15) is 6.42 Å². The number of allylic oxidation sites excluding steroid dienone is 1. The van der Waals surface area contributed by atoms with Gasteiger partial charge >= 0.3 is 7.82 Å². The number of aliphatic hydroxyl groups is 3. The van der Waals surface area contributed by atoms with Crippen molar-refractivity contribution in [3.63, 3.8) is 0 Å². The summed E-state index contributed by atoms with van der Waals surface area (Å²) in [5.41, 5.74) is 8.39. The summed E-state index contributed by atoms with van der Waals surface area (Å²) in [6.07, 6.45) is -5.13. The van der Waals surface area contributed by atoms with E-state index >= 15 is 0 Å². The fourth-order valence-electron chi connectivity index (χ4n) is 1.24. The molecule has 0 rings (SSSR count). The normalized spacial score (nSPS) is 17.4. The van der Waals surface area contributed by atoms with Gasteiger partial charge in [0, 0.05) is 6.42 Å². The van der Waals surface area contributed by atoms with Crippen LogP contribution in [0.25, 0.3) is 0 Å². The topological polar surface area (TPSA) is 197 Å². The molecule has 0 fully saturated rings. The van der Waals surface area contributed by atoms with E-state index in [0.717, 1.165) is 0 Å². The molecular weight excluding hydrogens is 295 g/mol. The highest BCUT2D eigenvalue weighted by atomic mass is 31.2. The first-order valence-corrected chi connectivity index (χ1v) is 6.92. The Labute approximate surface area is 114 Å². The average Bonchev–Trinajstić information content (AvgIpc) is 2.33. The van der Waals surface area contributed by atoms with Crippen molar-refractivity contribution in [1.82, 2.24) is 0 Å². The summed E-state index contributed by atoms with van der Waals surface area (Å²) in [4.78, 5) is 28.4. The van der Waals surface area contributed by atoms with E-state index in [1.54, 1.807) is 0 Å². The molecule has 0 heterocycles. The third kappa shape index (κ3) is 5.75. The van der Waals surface area contributed by atoms with E-state index in [0.29, 0.717) is 0 Å². The quantitative estimate of drug-likeness (QED) is 0.130. The predicted octanol–water partition coefficient (Wildman–Crippen LogP) is -3.06. The van der Waals surface area contributed by atoms with E-state index in [-0.39, 0.29) is 6.42 Å². The molecule has 0 aromatic heterocycles. The number of carbonyl (C=O) groups is 1. The molecule has 0 spiro atoms. The van der Waals surface area contributed by atoms with Crippen molar-refractivity contribution in [2.24, 2.45) is 11.5 Å². The van der Waals surface area contributed by atoms with Crippen molar-refractivity contribution in [3.8, 4) is 0 Å². The summed E-state index contributed by atoms with van der Waals surface area (Å²) in [6.45, 7) is 2.29. The molecule has 9 N–H and O–H groups in total. The maximum absolute atomic E-state index is 11.5. The van der Waals surface area contributed by atoms with E-state index in [4.69, 9.17) is 21.3 Å². The first kappa shape index (κ1) is 19.3. The maximum Gasteiger partial charge on any atom is 0.469 e. The molecule has 0 amide bonds. The lowest BCUT2D eigenvalue weighted by Gasteiger charge is -2.33. The van der Waals surface area contributed by atoms with E-state index in [9.17, 15) is 24.7 Å². The number of ketones is 1. The van der Waals surface area contributed by atoms with Crippen LogP contribution >= 0.6 is 7.82 Å². The van der Waals surface area contributed by atoms with Crippen LogP contribution in [-0.2, 0) is 13.9 Å². The maximum atomic E-state index is 11.5. The van der Waals surface area contributed by atoms with Gasteiger partial charge in [0.2, 0.25) is 0 Å². The zero-order chi connectivity index (χ0) is 16.1. The highest BCUT2D eigenvalue weighted by molar-refractivity contribution is 7.46. The minimum absolute atomic E-state index is 0.272. The molecule has 0 saturated carbocycles. The Morgan fingerprint density at radius 1 is 1.35 bits per heavy atom. The lowest BCUT2D eigenvalue weighted by molar-refractivity contribution is -0.138. The predicted molar refractivity (Wildman–Crippen MR) is 66.9 cm³/mol. The molecule has 0 bridgehead atoms. The van der Waals surface area contributed by atoms with Gasteiger partial charge in [0.05, 0.1) is 6.61 Å². The molecule has 0 aliphatic carbocycles. The number of hydrogen-bond acceptors (Lipinski definition) is 8. The standard InChI is InChI=1S/C9H19N2O8P/c1-2-3-6(13)9(10,11)8(15)7(14)5(12)4-19-20(16,17)18/h2,5,7-8,12,14-15H,1,3-4,10-11H2,(H2,16,17,18)/t5-,7-,8+/m1/s1. The lowest BCUT2D eigenvalue weighted by atomic mass is 9.91. The Bertz CT molecular complexity index is 395. The van der Waals surface area contributed by atoms with Gasteiger partial charge in [0.25, 0.3) is 0 Å². The molecule has 20 heavy (non-hydrogen) atoms. The van der Waals surface area contributed by atoms with Crippen molar-refractivity contribution >= 4 is 13.6 Å². The minimum Gasteiger partial charge on any atom is -0.388 e. The van der Waals surface area contributed by atoms with Gasteiger partial charge in [-0.1, -0.05) is 6.08 Å². The number of phosphoric acid groups is 1. The van der Waals surface area contributed by atoms with Crippen LogP contribution in [0.15, 0.2) is 12.7 Å². The number of hydrogen-bond donors (Lipinski definition) is 7. The molecule has 3 atom stereocenters. The first-order chi connectivity index (χ1) is 8.93. The minimum atomic E-state index is -4.86. The van der Waals surface area contributed by atoms with E-state index in [1.165, 1.54) is 6.08 Å². The number of nitrogens with two attached hydrogens (primary N) is 2. The summed E-state index contributed by atoms with van der Waals surface area (Å²) < 4.78 is 14.4. The zero-order valence-corrected chi connectivity index (χ0v) is 11.4. The van der Waals surface area contributed by atoms with E-state index < -0.39 is 44.2 Å². The van der Waals surface area contributed by atoms with Gasteiger partial charge in [0.15, 0.2) is 11.4 Å². The number of Topliss-reactive ketones (excluding diaryl/α,β-unsaturated/α-hetero) is 1. The van der Waals surface area contributed by atoms with E-state index in [2.05, 4.69) is 11.1 Å². The van der Waals surface area contributed by atoms with Crippen LogP contribution in [0.3, 0.4) is 0 Å². The molecule has 0 radical (unpaired) electrons. The molecule has 0 saturated heterocycles. The Morgan fingerprint density at radius 2 is 1.85 bits per heavy atom. The van der Waals surface area contributed by atoms with Crippen molar-refractivity contribution in [1.29, 1.82) is 0 Å². The van der Waals surface area contributed by atoms with Crippen LogP contribution < -0.4 is 11.5 Å². The molecule has 0 aliphatic heterocycles. The zero-order valence-electron chi connectivity index (χ0n) is 10.5. The van der Waals surface area contributed by atoms with Gasteiger partial charge in [-0.25, -0.2) is 4.57 Å². The molecule has 118 valence electrons. The summed E-state index contributed by atoms with van der Waals surface area (Å²) >= 11 is 0. The third-order valence-corrected chi connectivity index (χ3v) is 2.92. The van der Waals surface area contributed by atoms with Gasteiger partial charge in [-0.3, -0.25) is 9.32 Å². The molecule has 0 unspecified atom stereocenters. The van der Waals surface area contributed by atoms with Crippen LogP contribution in [0.5, 0.6) is 0 Å². The largest absolute Gasteiger partial charge is 0.469 e. The van der Waals surface area contributed by atoms with Gasteiger partial charge in [-0.05, 0) is 0 Å². The number of aliphatic hydroxyl groups excluding tert-OH is 3. The summed E-state index contributed by atoms with van der Waals surface area (Å²) in [6, 6.07) is 0. The number of phosphoric ester groups is 1. The van der Waals surface area contributed by atoms with Crippen LogP contribution in [0.4, 0.5) is 0 Å². The van der Waals surface area contributed by atoms with Crippen LogP contribution in [-0.4, -0.2) is 61.5 Å². The van der Waals surface area contributed by atoms with Gasteiger partial charge in [-0.2, -0.15) is 0 Å². The second-order valence-electron chi connectivity index (χ2n) is 4.14. The molecule has 10 nitrogen and oxygen atoms in total. The Hall–Kier alpha value is -0.680. The second-order valence-corrected chi connectivity index (χ2v) is 5.38. The molecule has 0 aromatic rings. The third-order valence-electron chi connectivity index (χ3n) is 2.43. The monoisotopic (exact) mass is 314 g/mol. The van der Waals surface area contributed by atoms with Crippen molar-refractivity contribution < 1.29 is 39.0 Å². The Balaban J connectivity index is 4.74. The lowest BCUT2D eigenvalue weighted by Crippen LogP contribution is -2.69. The highest BCUT2D eigenvalue weighted by Gasteiger charge is 2.43. The smallest absolute Gasteiger partial charge is 0.388 e. The van der Waals surface area contributed by atoms with Gasteiger partial charge in [-0.15, -0.1) is 6.58 Å². The van der Waals surface area contributed by atoms with E-state index in [1.807, 2.05) is 0 Å². The number of rotatable bonds is 9. The molecule has 11 heteroatoms. The summed E-state index contributed by atoms with van der Waals surface area (Å²) in [7, 11) is -4.86. The number of carbonyl (C=O) groups excluding carboxylic acids is 1. The van der Waals surface area contributed by atoms with Gasteiger partial charge in [0.1, 0.15) is 18.3 Å². The van der Waals surface area contributed by atoms with Crippen LogP contribution in [0, 0.1) is 0 Å². The summed E-state index contributed by atoms with van der Waals surface area (Å²) in [5.74, 6) is -0.845. The van der Waals surface area contributed by atoms with Gasteiger partial charge < -0.3 is 36.6 Å². The average molecular weight is 314 g/mol. The molecular formula is C9H19N2O8P. The van der Waals surface area contributed by atoms with Crippen molar-refractivity contribution in [2.45, 2.75) is 30.4 Å². The molecule has 0 aliphatic rings. The first-order valence-electron chi connectivity index (χ1n) is 5.39. The Morgan fingerprint density at radius 3 is 2.25 bits per heavy atom. The summed E-state index contributed by atoms with van der Waals surface area (Å²) in [5, 5.41) is 28.6. The second kappa shape index (κ2) is 7.36. The fourth-order valence-corrected chi connectivity index (χ4v) is 1.58. The van der Waals surface area contributed by atoms with Crippen molar-refractivity contribution in [2.75, 3.05) is 6.61 Å². The Kier molecular flexibility index (Phi) is 7.11. The highest BCUT2D eigenvalue weighted by Crippen LogP contribution is 2.35. The SMILES string of the molecule is C=CCC(=O)C(N)(N)[C@@H](O)[C@H](O)[C@H](O)COP(=O)(O)O. The fraction of sp³-hybridized carbons (Fsp3) is 0.667.